The quantitative estimate of drug-likeness (QED) is 0.480. The Morgan fingerprint density at radius 2 is 1.88 bits per heavy atom. The molecule has 0 saturated carbocycles. The summed E-state index contributed by atoms with van der Waals surface area (Å²) < 4.78 is 26.7. The predicted octanol–water partition coefficient (Wildman–Crippen LogP) is 1.20. The molecule has 0 spiro atoms. The Kier molecular flexibility index (Phi) is 6.57. The van der Waals surface area contributed by atoms with Crippen molar-refractivity contribution in [1.82, 2.24) is 19.1 Å². The van der Waals surface area contributed by atoms with Crippen molar-refractivity contribution in [2.24, 2.45) is 5.73 Å². The van der Waals surface area contributed by atoms with Gasteiger partial charge >= 0.3 is 0 Å². The zero-order valence-electron chi connectivity index (χ0n) is 18.1. The minimum atomic E-state index is -3.76. The second-order valence-electron chi connectivity index (χ2n) is 7.09. The smallest absolute Gasteiger partial charge is 0.264 e. The first-order chi connectivity index (χ1) is 15.1. The molecule has 1 aromatic carbocycles. The molecule has 0 atom stereocenters. The molecule has 0 aliphatic rings. The first-order valence-electron chi connectivity index (χ1n) is 9.62. The van der Waals surface area contributed by atoms with E-state index in [4.69, 9.17) is 10.6 Å². The number of rotatable bonds is 8. The van der Waals surface area contributed by atoms with Crippen LogP contribution in [-0.4, -0.2) is 53.5 Å². The van der Waals surface area contributed by atoms with Gasteiger partial charge in [-0.2, -0.15) is 5.10 Å². The summed E-state index contributed by atoms with van der Waals surface area (Å²) in [6.07, 6.45) is 1.95. The lowest BCUT2D eigenvalue weighted by Gasteiger charge is -2.14. The molecule has 3 N–H and O–H groups in total. The zero-order valence-corrected chi connectivity index (χ0v) is 18.9. The highest BCUT2D eigenvalue weighted by Gasteiger charge is 2.21. The first kappa shape index (κ1) is 23.3. The Balaban J connectivity index is 1.70. The van der Waals surface area contributed by atoms with Crippen LogP contribution in [0.1, 0.15) is 33.7 Å². The number of fused-ring (bicyclic) bond motifs is 1. The normalized spacial score (nSPS) is 11.8. The van der Waals surface area contributed by atoms with Gasteiger partial charge < -0.3 is 11.1 Å². The topological polar surface area (TPSA) is 149 Å². The maximum atomic E-state index is 12.4. The Bertz CT molecular complexity index is 1280. The molecule has 0 saturated heterocycles. The van der Waals surface area contributed by atoms with Crippen molar-refractivity contribution >= 4 is 33.2 Å². The van der Waals surface area contributed by atoms with E-state index in [1.165, 1.54) is 49.1 Å². The summed E-state index contributed by atoms with van der Waals surface area (Å²) in [5.74, 6) is -0.849. The third-order valence-corrected chi connectivity index (χ3v) is 6.80. The number of nitrogens with one attached hydrogen (secondary N) is 1. The molecule has 0 aliphatic heterocycles. The highest BCUT2D eigenvalue weighted by Crippen LogP contribution is 2.20. The van der Waals surface area contributed by atoms with Gasteiger partial charge in [-0.25, -0.2) is 17.9 Å². The molecule has 170 valence electrons. The number of hydroxylamine groups is 1. The fraction of sp³-hybridized carbons (Fsp3) is 0.300. The molecule has 0 bridgehead atoms. The molecule has 32 heavy (non-hydrogen) atoms. The number of amides is 2. The summed E-state index contributed by atoms with van der Waals surface area (Å²) in [7, 11) is -1.21. The van der Waals surface area contributed by atoms with Gasteiger partial charge in [-0.05, 0) is 50.1 Å². The van der Waals surface area contributed by atoms with E-state index in [0.717, 1.165) is 15.7 Å². The van der Waals surface area contributed by atoms with Crippen LogP contribution < -0.4 is 11.1 Å². The Hall–Kier alpha value is -3.35. The van der Waals surface area contributed by atoms with Gasteiger partial charge in [0.1, 0.15) is 5.56 Å². The van der Waals surface area contributed by atoms with Crippen LogP contribution in [0.3, 0.4) is 0 Å². The van der Waals surface area contributed by atoms with Crippen LogP contribution in [-0.2, 0) is 26.1 Å². The van der Waals surface area contributed by atoms with E-state index in [0.29, 0.717) is 23.4 Å². The van der Waals surface area contributed by atoms with E-state index < -0.39 is 15.9 Å². The summed E-state index contributed by atoms with van der Waals surface area (Å²) in [5, 5.41) is 6.92. The van der Waals surface area contributed by atoms with Crippen molar-refractivity contribution in [3.05, 3.63) is 53.0 Å². The van der Waals surface area contributed by atoms with Crippen LogP contribution in [0.2, 0.25) is 0 Å². The minimum Gasteiger partial charge on any atom is -0.365 e. The van der Waals surface area contributed by atoms with Crippen LogP contribution >= 0.6 is 0 Å². The lowest BCUT2D eigenvalue weighted by molar-refractivity contribution is -0.116. The number of anilines is 1. The number of sulfonamides is 1. The maximum Gasteiger partial charge on any atom is 0.264 e. The predicted molar refractivity (Wildman–Crippen MR) is 116 cm³/mol. The summed E-state index contributed by atoms with van der Waals surface area (Å²) in [6, 6.07) is 5.79. The van der Waals surface area contributed by atoms with Crippen LogP contribution in [0.25, 0.3) is 5.65 Å². The number of hydrogen-bond donors (Lipinski definition) is 2. The van der Waals surface area contributed by atoms with Gasteiger partial charge in [0.05, 0.1) is 18.2 Å². The third kappa shape index (κ3) is 4.47. The van der Waals surface area contributed by atoms with E-state index in [1.54, 1.807) is 6.92 Å². The van der Waals surface area contributed by atoms with Crippen LogP contribution in [0.5, 0.6) is 0 Å². The fourth-order valence-electron chi connectivity index (χ4n) is 3.27. The number of nitrogens with two attached hydrogens (primary N) is 1. The van der Waals surface area contributed by atoms with Crippen molar-refractivity contribution in [2.45, 2.75) is 31.6 Å². The third-order valence-electron chi connectivity index (χ3n) is 5.11. The largest absolute Gasteiger partial charge is 0.365 e. The molecule has 0 fully saturated rings. The van der Waals surface area contributed by atoms with Crippen LogP contribution in [0.4, 0.5) is 5.69 Å². The van der Waals surface area contributed by atoms with Gasteiger partial charge in [0.25, 0.3) is 15.9 Å². The number of nitrogens with zero attached hydrogens (tertiary/aromatic N) is 4. The summed E-state index contributed by atoms with van der Waals surface area (Å²) in [5.41, 5.74) is 8.75. The number of hydrogen-bond acceptors (Lipinski definition) is 7. The number of aromatic nitrogens is 3. The maximum absolute atomic E-state index is 12.4. The highest BCUT2D eigenvalue weighted by molar-refractivity contribution is 7.89. The minimum absolute atomic E-state index is 0.0417. The molecular weight excluding hydrogens is 436 g/mol. The number of carbonyl (C=O) groups is 2. The molecule has 12 heteroatoms. The van der Waals surface area contributed by atoms with E-state index in [1.807, 2.05) is 6.92 Å². The first-order valence-corrected chi connectivity index (χ1v) is 11.1. The molecule has 11 nitrogen and oxygen atoms in total. The molecular formula is C20H24N6O5S. The monoisotopic (exact) mass is 460 g/mol. The van der Waals surface area contributed by atoms with Crippen molar-refractivity contribution in [1.29, 1.82) is 0 Å². The number of aryl methyl sites for hydroxylation is 2. The lowest BCUT2D eigenvalue weighted by Crippen LogP contribution is -2.25. The summed E-state index contributed by atoms with van der Waals surface area (Å²) >= 11 is 0. The standard InChI is InChI=1S/C20H24N6O5S/c1-12-16(13(2)26-20(23-12)17(11-22-26)19(21)28)9-10-18(27)24-14-5-7-15(8-6-14)32(29,30)25(3)31-4/h5-8,11H,9-10H2,1-4H3,(H2,21,28)(H,24,27). The highest BCUT2D eigenvalue weighted by atomic mass is 32.2. The van der Waals surface area contributed by atoms with Crippen molar-refractivity contribution in [3.63, 3.8) is 0 Å². The molecule has 3 aromatic rings. The van der Waals surface area contributed by atoms with Gasteiger partial charge in [0.2, 0.25) is 5.91 Å². The molecule has 2 heterocycles. The molecule has 0 unspecified atom stereocenters. The number of carbonyl (C=O) groups excluding carboxylic acids is 2. The van der Waals surface area contributed by atoms with Gasteiger partial charge in [-0.3, -0.25) is 14.4 Å². The average Bonchev–Trinajstić information content (AvgIpc) is 3.17. The van der Waals surface area contributed by atoms with Crippen LogP contribution in [0, 0.1) is 13.8 Å². The second-order valence-corrected chi connectivity index (χ2v) is 9.02. The van der Waals surface area contributed by atoms with Crippen molar-refractivity contribution in [2.75, 3.05) is 19.5 Å². The Morgan fingerprint density at radius 1 is 1.22 bits per heavy atom. The average molecular weight is 461 g/mol. The van der Waals surface area contributed by atoms with Crippen molar-refractivity contribution in [3.8, 4) is 0 Å². The van der Waals surface area contributed by atoms with E-state index >= 15 is 0 Å². The Morgan fingerprint density at radius 3 is 2.47 bits per heavy atom. The SMILES string of the molecule is CON(C)S(=O)(=O)c1ccc(NC(=O)CCc2c(C)nc3c(C(N)=O)cnn3c2C)cc1. The molecule has 0 aliphatic carbocycles. The second kappa shape index (κ2) is 9.02. The van der Waals surface area contributed by atoms with E-state index in [9.17, 15) is 18.0 Å². The number of primary amides is 1. The molecule has 2 aromatic heterocycles. The van der Waals surface area contributed by atoms with Gasteiger partial charge in [0.15, 0.2) is 5.65 Å². The molecule has 3 rings (SSSR count). The van der Waals surface area contributed by atoms with E-state index in [-0.39, 0.29) is 22.8 Å². The Labute approximate surface area is 185 Å². The van der Waals surface area contributed by atoms with Crippen molar-refractivity contribution < 1.29 is 22.8 Å². The number of benzene rings is 1. The zero-order chi connectivity index (χ0) is 23.6. The van der Waals surface area contributed by atoms with Gasteiger partial charge in [-0.15, -0.1) is 0 Å². The van der Waals surface area contributed by atoms with E-state index in [2.05, 4.69) is 15.4 Å². The van der Waals surface area contributed by atoms with Gasteiger partial charge in [0, 0.05) is 30.5 Å². The van der Waals surface area contributed by atoms with Gasteiger partial charge in [-0.1, -0.05) is 4.47 Å². The fourth-order valence-corrected chi connectivity index (χ4v) is 4.24. The molecule has 2 amide bonds. The summed E-state index contributed by atoms with van der Waals surface area (Å²) in [6.45, 7) is 3.64. The summed E-state index contributed by atoms with van der Waals surface area (Å²) in [4.78, 5) is 33.2. The lowest BCUT2D eigenvalue weighted by atomic mass is 10.1. The van der Waals surface area contributed by atoms with Crippen LogP contribution in [0.15, 0.2) is 35.4 Å². The molecule has 0 radical (unpaired) electrons.